The summed E-state index contributed by atoms with van der Waals surface area (Å²) in [4.78, 5) is 22.6. The van der Waals surface area contributed by atoms with E-state index in [0.717, 1.165) is 32.1 Å². The van der Waals surface area contributed by atoms with Gasteiger partial charge >= 0.3 is 5.97 Å². The van der Waals surface area contributed by atoms with Crippen molar-refractivity contribution >= 4 is 12.4 Å². The summed E-state index contributed by atoms with van der Waals surface area (Å²) >= 11 is 0. The molecule has 1 N–H and O–H groups in total. The zero-order chi connectivity index (χ0) is 15.0. The molecule has 1 fully saturated rings. The Labute approximate surface area is 121 Å². The van der Waals surface area contributed by atoms with Crippen molar-refractivity contribution in [1.29, 1.82) is 0 Å². The van der Waals surface area contributed by atoms with Gasteiger partial charge in [0.05, 0.1) is 30.8 Å². The largest absolute Gasteiger partial charge is 0.466 e. The fourth-order valence-corrected chi connectivity index (χ4v) is 2.76. The van der Waals surface area contributed by atoms with Crippen LogP contribution >= 0.6 is 0 Å². The Morgan fingerprint density at radius 1 is 1.30 bits per heavy atom. The van der Waals surface area contributed by atoms with E-state index in [1.165, 1.54) is 0 Å². The van der Waals surface area contributed by atoms with Gasteiger partial charge in [-0.15, -0.1) is 0 Å². The highest BCUT2D eigenvalue weighted by molar-refractivity contribution is 5.72. The second-order valence-electron chi connectivity index (χ2n) is 5.27. The summed E-state index contributed by atoms with van der Waals surface area (Å²) in [5, 5.41) is 2.82. The summed E-state index contributed by atoms with van der Waals surface area (Å²) in [5.41, 5.74) is 0. The lowest BCUT2D eigenvalue weighted by atomic mass is 9.83. The molecule has 1 aliphatic carbocycles. The smallest absolute Gasteiger partial charge is 0.309 e. The van der Waals surface area contributed by atoms with Crippen molar-refractivity contribution in [3.8, 4) is 0 Å². The fourth-order valence-electron chi connectivity index (χ4n) is 2.76. The lowest BCUT2D eigenvalue weighted by Gasteiger charge is -2.36. The molecule has 1 rings (SSSR count). The highest BCUT2D eigenvalue weighted by Gasteiger charge is 2.36. The summed E-state index contributed by atoms with van der Waals surface area (Å²) in [6.45, 7) is 6.39. The predicted molar refractivity (Wildman–Crippen MR) is 76.2 cm³/mol. The molecule has 20 heavy (non-hydrogen) atoms. The molecular formula is C15H27NO4. The van der Waals surface area contributed by atoms with E-state index >= 15 is 0 Å². The topological polar surface area (TPSA) is 64.6 Å². The molecule has 0 radical (unpaired) electrons. The number of carbonyl (C=O) groups excluding carboxylic acids is 2. The van der Waals surface area contributed by atoms with Crippen LogP contribution in [0.15, 0.2) is 0 Å². The Morgan fingerprint density at radius 3 is 2.55 bits per heavy atom. The van der Waals surface area contributed by atoms with E-state index in [1.807, 2.05) is 6.92 Å². The molecule has 0 spiro atoms. The molecule has 0 aromatic carbocycles. The van der Waals surface area contributed by atoms with Crippen LogP contribution in [0.3, 0.4) is 0 Å². The molecule has 0 aliphatic heterocycles. The molecule has 5 nitrogen and oxygen atoms in total. The van der Waals surface area contributed by atoms with Crippen molar-refractivity contribution in [2.45, 2.75) is 71.1 Å². The van der Waals surface area contributed by atoms with Crippen LogP contribution in [0, 0.1) is 5.92 Å². The molecule has 1 amide bonds. The first kappa shape index (κ1) is 17.0. The van der Waals surface area contributed by atoms with E-state index in [1.54, 1.807) is 0 Å². The lowest BCUT2D eigenvalue weighted by molar-refractivity contribution is -0.153. The van der Waals surface area contributed by atoms with Crippen molar-refractivity contribution in [2.75, 3.05) is 6.61 Å². The van der Waals surface area contributed by atoms with E-state index in [-0.39, 0.29) is 30.1 Å². The third-order valence-corrected chi connectivity index (χ3v) is 3.97. The molecule has 0 saturated heterocycles. The van der Waals surface area contributed by atoms with Crippen LogP contribution in [0.4, 0.5) is 0 Å². The minimum absolute atomic E-state index is 0.00113. The zero-order valence-electron chi connectivity index (χ0n) is 12.8. The maximum Gasteiger partial charge on any atom is 0.309 e. The van der Waals surface area contributed by atoms with Crippen LogP contribution in [-0.4, -0.2) is 37.2 Å². The van der Waals surface area contributed by atoms with Gasteiger partial charge in [0, 0.05) is 0 Å². The van der Waals surface area contributed by atoms with Gasteiger partial charge < -0.3 is 14.8 Å². The Kier molecular flexibility index (Phi) is 7.59. The number of rotatable bonds is 8. The van der Waals surface area contributed by atoms with E-state index in [4.69, 9.17) is 9.47 Å². The Morgan fingerprint density at radius 2 is 2.00 bits per heavy atom. The molecule has 0 aromatic heterocycles. The number of ether oxygens (including phenoxy) is 2. The van der Waals surface area contributed by atoms with Crippen molar-refractivity contribution in [3.05, 3.63) is 0 Å². The third-order valence-electron chi connectivity index (χ3n) is 3.97. The first-order chi connectivity index (χ1) is 9.65. The first-order valence-corrected chi connectivity index (χ1v) is 7.67. The van der Waals surface area contributed by atoms with Gasteiger partial charge in [-0.2, -0.15) is 0 Å². The maximum atomic E-state index is 11.9. The second kappa shape index (κ2) is 8.95. The average Bonchev–Trinajstić information content (AvgIpc) is 2.46. The molecule has 3 atom stereocenters. The summed E-state index contributed by atoms with van der Waals surface area (Å²) in [6, 6.07) is -0.00113. The molecule has 1 unspecified atom stereocenters. The highest BCUT2D eigenvalue weighted by atomic mass is 16.5. The van der Waals surface area contributed by atoms with Gasteiger partial charge in [0.1, 0.15) is 0 Å². The predicted octanol–water partition coefficient (Wildman–Crippen LogP) is 2.04. The van der Waals surface area contributed by atoms with Crippen molar-refractivity contribution in [1.82, 2.24) is 5.32 Å². The number of hydrogen-bond donors (Lipinski definition) is 1. The lowest BCUT2D eigenvalue weighted by Crippen LogP contribution is -2.47. The molecule has 0 bridgehead atoms. The van der Waals surface area contributed by atoms with Crippen molar-refractivity contribution in [2.24, 2.45) is 5.92 Å². The fraction of sp³-hybridized carbons (Fsp3) is 0.867. The summed E-state index contributed by atoms with van der Waals surface area (Å²) in [5.74, 6) is -0.255. The first-order valence-electron chi connectivity index (χ1n) is 7.67. The van der Waals surface area contributed by atoms with Gasteiger partial charge in [-0.05, 0) is 39.0 Å². The van der Waals surface area contributed by atoms with Crippen molar-refractivity contribution < 1.29 is 19.1 Å². The molecule has 1 aliphatic rings. The van der Waals surface area contributed by atoms with E-state index < -0.39 is 0 Å². The highest BCUT2D eigenvalue weighted by Crippen LogP contribution is 2.29. The number of esters is 1. The Balaban J connectivity index is 2.65. The van der Waals surface area contributed by atoms with Gasteiger partial charge in [-0.1, -0.05) is 13.8 Å². The van der Waals surface area contributed by atoms with Gasteiger partial charge in [-0.25, -0.2) is 0 Å². The third kappa shape index (κ3) is 4.78. The number of hydrogen-bond acceptors (Lipinski definition) is 4. The van der Waals surface area contributed by atoms with E-state index in [9.17, 15) is 9.59 Å². The number of nitrogens with one attached hydrogen (secondary N) is 1. The summed E-state index contributed by atoms with van der Waals surface area (Å²) < 4.78 is 11.2. The van der Waals surface area contributed by atoms with Crippen LogP contribution in [0.5, 0.6) is 0 Å². The Bertz CT molecular complexity index is 304. The van der Waals surface area contributed by atoms with Crippen molar-refractivity contribution in [3.63, 3.8) is 0 Å². The molecular weight excluding hydrogens is 258 g/mol. The van der Waals surface area contributed by atoms with Crippen LogP contribution < -0.4 is 5.32 Å². The molecule has 5 heteroatoms. The minimum atomic E-state index is -0.143. The van der Waals surface area contributed by atoms with Crippen LogP contribution in [-0.2, 0) is 19.1 Å². The zero-order valence-corrected chi connectivity index (χ0v) is 12.8. The molecule has 116 valence electrons. The maximum absolute atomic E-state index is 11.9. The van der Waals surface area contributed by atoms with Gasteiger partial charge in [0.25, 0.3) is 0 Å². The van der Waals surface area contributed by atoms with Gasteiger partial charge in [0.15, 0.2) is 0 Å². The molecule has 0 aromatic rings. The van der Waals surface area contributed by atoms with Gasteiger partial charge in [-0.3, -0.25) is 9.59 Å². The molecule has 1 saturated carbocycles. The number of carbonyl (C=O) groups is 2. The molecule has 0 heterocycles. The normalized spacial score (nSPS) is 26.3. The van der Waals surface area contributed by atoms with E-state index in [0.29, 0.717) is 13.0 Å². The monoisotopic (exact) mass is 285 g/mol. The second-order valence-corrected chi connectivity index (χ2v) is 5.27. The Hall–Kier alpha value is -1.10. The van der Waals surface area contributed by atoms with Crippen LogP contribution in [0.25, 0.3) is 0 Å². The average molecular weight is 285 g/mol. The summed E-state index contributed by atoms with van der Waals surface area (Å²) in [6.07, 6.45) is 4.79. The standard InChI is InChI=1S/C15H27NO4/c1-4-12(5-2)20-14-9-11(15(18)19-6-3)7-8-13(14)16-10-17/h10-14H,4-9H2,1-3H3,(H,16,17)/t11?,13-,14-/m1/s1. The van der Waals surface area contributed by atoms with Crippen LogP contribution in [0.2, 0.25) is 0 Å². The SMILES string of the molecule is CCOC(=O)C1CC[C@@H](NC=O)[C@H](OC(CC)CC)C1. The summed E-state index contributed by atoms with van der Waals surface area (Å²) in [7, 11) is 0. The quantitative estimate of drug-likeness (QED) is 0.547. The number of amides is 1. The van der Waals surface area contributed by atoms with Gasteiger partial charge in [0.2, 0.25) is 6.41 Å². The van der Waals surface area contributed by atoms with Crippen LogP contribution in [0.1, 0.15) is 52.9 Å². The minimum Gasteiger partial charge on any atom is -0.466 e. The van der Waals surface area contributed by atoms with E-state index in [2.05, 4.69) is 19.2 Å².